The first-order valence-corrected chi connectivity index (χ1v) is 5.24. The SMILES string of the molecule is CC.CC.CCc1ccc(C)cn1. The van der Waals surface area contributed by atoms with Crippen molar-refractivity contribution < 1.29 is 0 Å². The predicted molar refractivity (Wildman–Crippen MR) is 61.0 cm³/mol. The third kappa shape index (κ3) is 7.51. The van der Waals surface area contributed by atoms with E-state index in [4.69, 9.17) is 0 Å². The average molecular weight is 181 g/mol. The summed E-state index contributed by atoms with van der Waals surface area (Å²) in [5.74, 6) is 0. The number of aryl methyl sites for hydroxylation is 2. The van der Waals surface area contributed by atoms with Gasteiger partial charge in [-0.1, -0.05) is 40.7 Å². The monoisotopic (exact) mass is 181 g/mol. The lowest BCUT2D eigenvalue weighted by Crippen LogP contribution is -1.84. The maximum atomic E-state index is 4.20. The van der Waals surface area contributed by atoms with E-state index in [9.17, 15) is 0 Å². The Morgan fingerprint density at radius 2 is 1.62 bits per heavy atom. The second kappa shape index (κ2) is 11.2. The molecule has 0 saturated heterocycles. The van der Waals surface area contributed by atoms with Crippen LogP contribution in [0.1, 0.15) is 45.9 Å². The van der Waals surface area contributed by atoms with Gasteiger partial charge in [-0.15, -0.1) is 0 Å². The summed E-state index contributed by atoms with van der Waals surface area (Å²) in [6, 6.07) is 4.15. The van der Waals surface area contributed by atoms with Crippen LogP contribution in [0.5, 0.6) is 0 Å². The molecule has 0 unspecified atom stereocenters. The molecule has 0 aromatic carbocycles. The van der Waals surface area contributed by atoms with E-state index in [0.717, 1.165) is 6.42 Å². The standard InChI is InChI=1S/C8H11N.2C2H6/c1-3-8-5-4-7(2)6-9-8;2*1-2/h4-6H,3H2,1-2H3;2*1-2H3. The Bertz CT molecular complexity index is 177. The van der Waals surface area contributed by atoms with Crippen LogP contribution < -0.4 is 0 Å². The van der Waals surface area contributed by atoms with Crippen LogP contribution in [-0.2, 0) is 6.42 Å². The number of rotatable bonds is 1. The van der Waals surface area contributed by atoms with Gasteiger partial charge < -0.3 is 0 Å². The van der Waals surface area contributed by atoms with Gasteiger partial charge in [0.15, 0.2) is 0 Å². The Morgan fingerprint density at radius 3 is 1.92 bits per heavy atom. The lowest BCUT2D eigenvalue weighted by molar-refractivity contribution is 1.03. The number of pyridine rings is 1. The molecule has 0 aliphatic carbocycles. The highest BCUT2D eigenvalue weighted by Crippen LogP contribution is 1.97. The van der Waals surface area contributed by atoms with Gasteiger partial charge in [0.1, 0.15) is 0 Å². The van der Waals surface area contributed by atoms with Crippen molar-refractivity contribution in [3.8, 4) is 0 Å². The summed E-state index contributed by atoms with van der Waals surface area (Å²) < 4.78 is 0. The van der Waals surface area contributed by atoms with E-state index in [1.807, 2.05) is 40.8 Å². The van der Waals surface area contributed by atoms with Gasteiger partial charge in [0.25, 0.3) is 0 Å². The molecule has 13 heavy (non-hydrogen) atoms. The topological polar surface area (TPSA) is 12.9 Å². The van der Waals surface area contributed by atoms with Crippen molar-refractivity contribution in [2.75, 3.05) is 0 Å². The molecule has 76 valence electrons. The molecule has 0 spiro atoms. The summed E-state index contributed by atoms with van der Waals surface area (Å²) in [4.78, 5) is 4.20. The molecule has 1 aromatic heterocycles. The fourth-order valence-electron chi connectivity index (χ4n) is 0.708. The molecule has 1 rings (SSSR count). The number of nitrogens with zero attached hydrogens (tertiary/aromatic N) is 1. The molecule has 0 amide bonds. The Kier molecular flexibility index (Phi) is 12.6. The van der Waals surface area contributed by atoms with E-state index in [1.54, 1.807) is 0 Å². The summed E-state index contributed by atoms with van der Waals surface area (Å²) in [5, 5.41) is 0. The van der Waals surface area contributed by atoms with Crippen molar-refractivity contribution >= 4 is 0 Å². The molecule has 0 atom stereocenters. The highest BCUT2D eigenvalue weighted by atomic mass is 14.7. The van der Waals surface area contributed by atoms with Crippen LogP contribution >= 0.6 is 0 Å². The van der Waals surface area contributed by atoms with Gasteiger partial charge in [0, 0.05) is 11.9 Å². The van der Waals surface area contributed by atoms with Crippen LogP contribution in [0.3, 0.4) is 0 Å². The van der Waals surface area contributed by atoms with E-state index in [2.05, 4.69) is 24.0 Å². The maximum absolute atomic E-state index is 4.20. The molecular weight excluding hydrogens is 158 g/mol. The maximum Gasteiger partial charge on any atom is 0.0401 e. The highest BCUT2D eigenvalue weighted by Gasteiger charge is 1.86. The Labute approximate surface area is 83.2 Å². The number of aromatic nitrogens is 1. The smallest absolute Gasteiger partial charge is 0.0401 e. The normalized spacial score (nSPS) is 7.54. The van der Waals surface area contributed by atoms with E-state index in [-0.39, 0.29) is 0 Å². The van der Waals surface area contributed by atoms with Crippen LogP contribution in [0.4, 0.5) is 0 Å². The van der Waals surface area contributed by atoms with Crippen LogP contribution in [-0.4, -0.2) is 4.98 Å². The molecular formula is C12H23N. The summed E-state index contributed by atoms with van der Waals surface area (Å²) in [6.07, 6.45) is 2.93. The van der Waals surface area contributed by atoms with Crippen LogP contribution in [0.2, 0.25) is 0 Å². The van der Waals surface area contributed by atoms with Crippen LogP contribution in [0.15, 0.2) is 18.3 Å². The van der Waals surface area contributed by atoms with Crippen molar-refractivity contribution in [2.24, 2.45) is 0 Å². The van der Waals surface area contributed by atoms with E-state index in [1.165, 1.54) is 11.3 Å². The van der Waals surface area contributed by atoms with Gasteiger partial charge >= 0.3 is 0 Å². The fourth-order valence-corrected chi connectivity index (χ4v) is 0.708. The Morgan fingerprint density at radius 1 is 1.08 bits per heavy atom. The molecule has 1 heterocycles. The van der Waals surface area contributed by atoms with Gasteiger partial charge in [-0.05, 0) is 25.0 Å². The third-order valence-electron chi connectivity index (χ3n) is 1.33. The third-order valence-corrected chi connectivity index (χ3v) is 1.33. The van der Waals surface area contributed by atoms with Gasteiger partial charge in [-0.3, -0.25) is 4.98 Å². The highest BCUT2D eigenvalue weighted by molar-refractivity contribution is 5.11. The average Bonchev–Trinajstić information content (AvgIpc) is 2.25. The molecule has 0 aliphatic heterocycles. The molecule has 0 aliphatic rings. The van der Waals surface area contributed by atoms with E-state index in [0.29, 0.717) is 0 Å². The summed E-state index contributed by atoms with van der Waals surface area (Å²) in [6.45, 7) is 12.2. The fraction of sp³-hybridized carbons (Fsp3) is 0.583. The lowest BCUT2D eigenvalue weighted by atomic mass is 10.2. The zero-order valence-corrected chi connectivity index (χ0v) is 9.89. The molecule has 0 saturated carbocycles. The van der Waals surface area contributed by atoms with Crippen molar-refractivity contribution in [3.63, 3.8) is 0 Å². The molecule has 0 bridgehead atoms. The van der Waals surface area contributed by atoms with E-state index < -0.39 is 0 Å². The van der Waals surface area contributed by atoms with Crippen molar-refractivity contribution in [1.82, 2.24) is 4.98 Å². The van der Waals surface area contributed by atoms with Gasteiger partial charge in [-0.25, -0.2) is 0 Å². The zero-order valence-electron chi connectivity index (χ0n) is 9.89. The van der Waals surface area contributed by atoms with Crippen molar-refractivity contribution in [1.29, 1.82) is 0 Å². The van der Waals surface area contributed by atoms with Gasteiger partial charge in [-0.2, -0.15) is 0 Å². The first-order chi connectivity index (χ1) is 6.33. The molecule has 1 nitrogen and oxygen atoms in total. The Balaban J connectivity index is 0. The lowest BCUT2D eigenvalue weighted by Gasteiger charge is -1.93. The summed E-state index contributed by atoms with van der Waals surface area (Å²) in [7, 11) is 0. The molecule has 0 fully saturated rings. The van der Waals surface area contributed by atoms with Crippen molar-refractivity contribution in [2.45, 2.75) is 48.0 Å². The first-order valence-electron chi connectivity index (χ1n) is 5.24. The minimum atomic E-state index is 1.03. The summed E-state index contributed by atoms with van der Waals surface area (Å²) >= 11 is 0. The summed E-state index contributed by atoms with van der Waals surface area (Å²) in [5.41, 5.74) is 2.40. The van der Waals surface area contributed by atoms with Crippen molar-refractivity contribution in [3.05, 3.63) is 29.6 Å². The predicted octanol–water partition coefficient (Wildman–Crippen LogP) is 4.00. The molecule has 1 heteroatoms. The molecule has 0 N–H and O–H groups in total. The zero-order chi connectivity index (χ0) is 10.7. The van der Waals surface area contributed by atoms with Gasteiger partial charge in [0.05, 0.1) is 0 Å². The van der Waals surface area contributed by atoms with E-state index >= 15 is 0 Å². The van der Waals surface area contributed by atoms with Gasteiger partial charge in [0.2, 0.25) is 0 Å². The Hall–Kier alpha value is -0.850. The second-order valence-electron chi connectivity index (χ2n) is 2.18. The second-order valence-corrected chi connectivity index (χ2v) is 2.18. The molecule has 0 radical (unpaired) electrons. The number of hydrogen-bond donors (Lipinski definition) is 0. The number of hydrogen-bond acceptors (Lipinski definition) is 1. The van der Waals surface area contributed by atoms with Crippen LogP contribution in [0, 0.1) is 6.92 Å². The minimum absolute atomic E-state index is 1.03. The van der Waals surface area contributed by atoms with Crippen LogP contribution in [0.25, 0.3) is 0 Å². The minimum Gasteiger partial charge on any atom is -0.261 e. The quantitative estimate of drug-likeness (QED) is 0.638. The first kappa shape index (κ1) is 14.7. The largest absolute Gasteiger partial charge is 0.261 e. The molecule has 1 aromatic rings.